The zero-order chi connectivity index (χ0) is 23.4. The summed E-state index contributed by atoms with van der Waals surface area (Å²) >= 11 is 0. The number of ether oxygens (including phenoxy) is 3. The van der Waals surface area contributed by atoms with Crippen molar-refractivity contribution >= 4 is 28.8 Å². The molecule has 1 aromatic carbocycles. The smallest absolute Gasteiger partial charge is 0.258 e. The molecule has 1 saturated carbocycles. The van der Waals surface area contributed by atoms with Gasteiger partial charge in [-0.3, -0.25) is 4.79 Å². The molecule has 3 saturated heterocycles. The second-order valence-corrected chi connectivity index (χ2v) is 10.4. The second kappa shape index (κ2) is 8.76. The summed E-state index contributed by atoms with van der Waals surface area (Å²) in [7, 11) is 0. The molecule has 4 aliphatic heterocycles. The Morgan fingerprint density at radius 3 is 2.69 bits per heavy atom. The molecule has 2 bridgehead atoms. The first kappa shape index (κ1) is 21.6. The molecule has 0 spiro atoms. The minimum atomic E-state index is -0.594. The average molecular weight is 477 g/mol. The average Bonchev–Trinajstić information content (AvgIpc) is 3.14. The van der Waals surface area contributed by atoms with E-state index in [0.717, 1.165) is 73.6 Å². The van der Waals surface area contributed by atoms with E-state index in [1.54, 1.807) is 6.20 Å². The number of carbonyl (C=O) groups is 1. The molecule has 1 aromatic heterocycles. The second-order valence-electron chi connectivity index (χ2n) is 10.4. The SMILES string of the molecule is O=C(C1COC2CCCCC2O1)N1Cc2cccnc2Nc2ccc(N3CC4CCC(C3)O4)cc21. The Balaban J connectivity index is 1.22. The maximum absolute atomic E-state index is 14.0. The topological polar surface area (TPSA) is 76.2 Å². The summed E-state index contributed by atoms with van der Waals surface area (Å²) in [6.07, 6.45) is 8.46. The van der Waals surface area contributed by atoms with Gasteiger partial charge in [-0.2, -0.15) is 0 Å². The Morgan fingerprint density at radius 1 is 1.00 bits per heavy atom. The van der Waals surface area contributed by atoms with Crippen LogP contribution in [0.25, 0.3) is 0 Å². The first-order valence-electron chi connectivity index (χ1n) is 13.0. The number of fused-ring (bicyclic) bond motifs is 5. The highest BCUT2D eigenvalue weighted by atomic mass is 16.6. The van der Waals surface area contributed by atoms with Crippen LogP contribution in [0.5, 0.6) is 0 Å². The summed E-state index contributed by atoms with van der Waals surface area (Å²) in [6.45, 7) is 2.53. The molecule has 5 heterocycles. The van der Waals surface area contributed by atoms with Crippen molar-refractivity contribution in [1.29, 1.82) is 0 Å². The third kappa shape index (κ3) is 3.97. The van der Waals surface area contributed by atoms with Crippen molar-refractivity contribution in [1.82, 2.24) is 4.98 Å². The molecule has 4 fully saturated rings. The van der Waals surface area contributed by atoms with Gasteiger partial charge in [-0.25, -0.2) is 4.98 Å². The Bertz CT molecular complexity index is 1110. The largest absolute Gasteiger partial charge is 0.372 e. The Labute approximate surface area is 205 Å². The lowest BCUT2D eigenvalue weighted by Gasteiger charge is -2.40. The van der Waals surface area contributed by atoms with Crippen molar-refractivity contribution < 1.29 is 19.0 Å². The fraction of sp³-hybridized carbons (Fsp3) is 0.556. The van der Waals surface area contributed by atoms with E-state index >= 15 is 0 Å². The van der Waals surface area contributed by atoms with E-state index in [1.807, 2.05) is 17.0 Å². The van der Waals surface area contributed by atoms with Gasteiger partial charge >= 0.3 is 0 Å². The van der Waals surface area contributed by atoms with Gasteiger partial charge in [0.25, 0.3) is 5.91 Å². The number of hydrogen-bond acceptors (Lipinski definition) is 7. The lowest BCUT2D eigenvalue weighted by atomic mass is 9.93. The summed E-state index contributed by atoms with van der Waals surface area (Å²) in [5, 5.41) is 3.48. The van der Waals surface area contributed by atoms with Crippen LogP contribution in [0.1, 0.15) is 44.1 Å². The fourth-order valence-electron chi connectivity index (χ4n) is 6.30. The minimum absolute atomic E-state index is 0.0140. The van der Waals surface area contributed by atoms with Gasteiger partial charge in [0.1, 0.15) is 5.82 Å². The predicted octanol–water partition coefficient (Wildman–Crippen LogP) is 3.77. The molecule has 8 nitrogen and oxygen atoms in total. The first-order chi connectivity index (χ1) is 17.2. The van der Waals surface area contributed by atoms with Crippen LogP contribution in [0.4, 0.5) is 22.9 Å². The number of amides is 1. The maximum Gasteiger partial charge on any atom is 0.258 e. The van der Waals surface area contributed by atoms with Crippen molar-refractivity contribution in [2.75, 3.05) is 34.8 Å². The van der Waals surface area contributed by atoms with Crippen molar-refractivity contribution in [3.63, 3.8) is 0 Å². The van der Waals surface area contributed by atoms with Gasteiger partial charge < -0.3 is 29.3 Å². The van der Waals surface area contributed by atoms with E-state index in [2.05, 4.69) is 33.4 Å². The van der Waals surface area contributed by atoms with Gasteiger partial charge in [0.15, 0.2) is 6.10 Å². The molecule has 5 aliphatic rings. The quantitative estimate of drug-likeness (QED) is 0.707. The first-order valence-corrected chi connectivity index (χ1v) is 13.0. The Hall–Kier alpha value is -2.68. The summed E-state index contributed by atoms with van der Waals surface area (Å²) in [5.74, 6) is 0.738. The summed E-state index contributed by atoms with van der Waals surface area (Å²) < 4.78 is 18.5. The fourth-order valence-corrected chi connectivity index (χ4v) is 6.30. The number of nitrogens with one attached hydrogen (secondary N) is 1. The standard InChI is InChI=1S/C27H32N4O4/c32-27(25-16-33-23-5-1-2-6-24(23)35-25)31-13-17-4-3-11-28-26(17)29-21-10-7-18(12-22(21)31)30-14-19-8-9-20(15-30)34-19/h3-4,7,10-12,19-20,23-25H,1-2,5-6,8-9,13-16H2,(H,28,29). The van der Waals surface area contributed by atoms with Crippen LogP contribution in [0.15, 0.2) is 36.5 Å². The summed E-state index contributed by atoms with van der Waals surface area (Å²) in [4.78, 5) is 22.8. The number of carbonyl (C=O) groups excluding carboxylic acids is 1. The normalized spacial score (nSPS) is 31.6. The number of morpholine rings is 1. The highest BCUT2D eigenvalue weighted by molar-refractivity contribution is 6.01. The van der Waals surface area contributed by atoms with Crippen molar-refractivity contribution in [3.05, 3.63) is 42.1 Å². The molecule has 5 unspecified atom stereocenters. The molecule has 7 rings (SSSR count). The van der Waals surface area contributed by atoms with Gasteiger partial charge in [0.05, 0.1) is 48.9 Å². The van der Waals surface area contributed by atoms with E-state index < -0.39 is 6.10 Å². The zero-order valence-corrected chi connectivity index (χ0v) is 19.9. The van der Waals surface area contributed by atoms with Gasteiger partial charge in [0.2, 0.25) is 0 Å². The summed E-state index contributed by atoms with van der Waals surface area (Å²) in [5.41, 5.74) is 3.84. The molecule has 2 aromatic rings. The maximum atomic E-state index is 14.0. The van der Waals surface area contributed by atoms with Gasteiger partial charge in [0, 0.05) is 30.5 Å². The Morgan fingerprint density at radius 2 is 1.83 bits per heavy atom. The molecule has 35 heavy (non-hydrogen) atoms. The van der Waals surface area contributed by atoms with Crippen LogP contribution < -0.4 is 15.1 Å². The predicted molar refractivity (Wildman–Crippen MR) is 132 cm³/mol. The van der Waals surface area contributed by atoms with Gasteiger partial charge in [-0.05, 0) is 49.9 Å². The molecular weight excluding hydrogens is 444 g/mol. The number of benzene rings is 1. The van der Waals surface area contributed by atoms with E-state index in [1.165, 1.54) is 6.42 Å². The minimum Gasteiger partial charge on any atom is -0.372 e. The molecule has 1 N–H and O–H groups in total. The number of anilines is 4. The van der Waals surface area contributed by atoms with Crippen LogP contribution in [0, 0.1) is 0 Å². The summed E-state index contributed by atoms with van der Waals surface area (Å²) in [6, 6.07) is 10.3. The third-order valence-corrected chi connectivity index (χ3v) is 8.14. The van der Waals surface area contributed by atoms with E-state index in [9.17, 15) is 4.79 Å². The lowest BCUT2D eigenvalue weighted by molar-refractivity contribution is -0.194. The van der Waals surface area contributed by atoms with E-state index in [4.69, 9.17) is 14.2 Å². The highest BCUT2D eigenvalue weighted by Crippen LogP contribution is 2.40. The number of rotatable bonds is 2. The molecule has 0 radical (unpaired) electrons. The molecule has 8 heteroatoms. The van der Waals surface area contributed by atoms with Crippen LogP contribution in [-0.4, -0.2) is 61.1 Å². The number of pyridine rings is 1. The van der Waals surface area contributed by atoms with Crippen molar-refractivity contribution in [2.45, 2.75) is 75.6 Å². The van der Waals surface area contributed by atoms with Gasteiger partial charge in [-0.15, -0.1) is 0 Å². The number of aromatic nitrogens is 1. The van der Waals surface area contributed by atoms with Crippen molar-refractivity contribution in [2.24, 2.45) is 0 Å². The Kier molecular flexibility index (Phi) is 5.41. The van der Waals surface area contributed by atoms with Crippen LogP contribution in [0.3, 0.4) is 0 Å². The van der Waals surface area contributed by atoms with Crippen molar-refractivity contribution in [3.8, 4) is 0 Å². The lowest BCUT2D eigenvalue weighted by Crippen LogP contribution is -2.52. The van der Waals surface area contributed by atoms with Gasteiger partial charge in [-0.1, -0.05) is 18.9 Å². The van der Waals surface area contributed by atoms with Crippen LogP contribution in [-0.2, 0) is 25.5 Å². The molecule has 1 aliphatic carbocycles. The number of nitrogens with zero attached hydrogens (tertiary/aromatic N) is 3. The van der Waals surface area contributed by atoms with E-state index in [-0.39, 0.29) is 18.1 Å². The van der Waals surface area contributed by atoms with Crippen LogP contribution in [0.2, 0.25) is 0 Å². The third-order valence-electron chi connectivity index (χ3n) is 8.14. The molecule has 5 atom stereocenters. The highest BCUT2D eigenvalue weighted by Gasteiger charge is 2.40. The number of hydrogen-bond donors (Lipinski definition) is 1. The van der Waals surface area contributed by atoms with Crippen LogP contribution >= 0.6 is 0 Å². The molecular formula is C27H32N4O4. The monoisotopic (exact) mass is 476 g/mol. The molecule has 184 valence electrons. The van der Waals surface area contributed by atoms with E-state index in [0.29, 0.717) is 25.4 Å². The zero-order valence-electron chi connectivity index (χ0n) is 19.9. The molecule has 1 amide bonds.